The fourth-order valence-electron chi connectivity index (χ4n) is 4.36. The third kappa shape index (κ3) is 12.0. The number of unbranched alkanes of at least 4 members (excludes halogenated alkanes) is 13. The van der Waals surface area contributed by atoms with Gasteiger partial charge in [-0.3, -0.25) is 9.79 Å². The number of nitrogens with two attached hydrogens (primary N) is 1. The second-order valence-corrected chi connectivity index (χ2v) is 9.37. The normalized spacial score (nSPS) is 14.8. The number of carbonyl (C=O) groups excluding carboxylic acids is 1. The first-order valence-electron chi connectivity index (χ1n) is 13.6. The average molecular weight is 450 g/mol. The number of hydrogen-bond acceptors (Lipinski definition) is 4. The highest BCUT2D eigenvalue weighted by Gasteiger charge is 2.32. The Hall–Kier alpha value is -1.36. The second kappa shape index (κ2) is 19.1. The van der Waals surface area contributed by atoms with Gasteiger partial charge >= 0.3 is 0 Å². The summed E-state index contributed by atoms with van der Waals surface area (Å²) in [6.45, 7) is 6.74. The molecular weight excluding hydrogens is 398 g/mol. The summed E-state index contributed by atoms with van der Waals surface area (Å²) in [6, 6.07) is 0. The Morgan fingerprint density at radius 3 is 1.94 bits per heavy atom. The van der Waals surface area contributed by atoms with Gasteiger partial charge in [-0.2, -0.15) is 0 Å². The number of aliphatic imine (C=N–C) groups is 1. The minimum atomic E-state index is -0.0337. The van der Waals surface area contributed by atoms with Crippen LogP contribution in [0, 0.1) is 0 Å². The molecule has 0 radical (unpaired) electrons. The number of aliphatic hydroxyl groups excluding tert-OH is 1. The van der Waals surface area contributed by atoms with Gasteiger partial charge in [-0.25, -0.2) is 0 Å². The van der Waals surface area contributed by atoms with Crippen LogP contribution in [0.15, 0.2) is 16.3 Å². The third-order valence-corrected chi connectivity index (χ3v) is 6.38. The van der Waals surface area contributed by atoms with Crippen LogP contribution in [0.4, 0.5) is 0 Å². The predicted molar refractivity (Wildman–Crippen MR) is 137 cm³/mol. The van der Waals surface area contributed by atoms with Crippen LogP contribution < -0.4 is 5.73 Å². The molecule has 0 spiro atoms. The molecule has 0 fully saturated rings. The van der Waals surface area contributed by atoms with Crippen LogP contribution in [-0.4, -0.2) is 47.8 Å². The lowest BCUT2D eigenvalue weighted by Crippen LogP contribution is -2.30. The zero-order chi connectivity index (χ0) is 23.4. The smallest absolute Gasteiger partial charge is 0.259 e. The van der Waals surface area contributed by atoms with E-state index in [2.05, 4.69) is 13.8 Å². The van der Waals surface area contributed by atoms with E-state index in [9.17, 15) is 9.90 Å². The van der Waals surface area contributed by atoms with Gasteiger partial charge in [-0.15, -0.1) is 0 Å². The highest BCUT2D eigenvalue weighted by atomic mass is 16.3. The van der Waals surface area contributed by atoms with Crippen LogP contribution in [0.3, 0.4) is 0 Å². The molecule has 1 aliphatic rings. The minimum Gasteiger partial charge on any atom is -0.510 e. The third-order valence-electron chi connectivity index (χ3n) is 6.38. The fourth-order valence-corrected chi connectivity index (χ4v) is 4.36. The highest BCUT2D eigenvalue weighted by molar-refractivity contribution is 6.23. The molecule has 1 heterocycles. The molecule has 0 aromatic rings. The van der Waals surface area contributed by atoms with Crippen molar-refractivity contribution in [2.24, 2.45) is 10.7 Å². The topological polar surface area (TPSA) is 78.9 Å². The van der Waals surface area contributed by atoms with Gasteiger partial charge in [-0.05, 0) is 32.2 Å². The Labute approximate surface area is 197 Å². The lowest BCUT2D eigenvalue weighted by atomic mass is 10.0. The molecule has 0 bridgehead atoms. The van der Waals surface area contributed by atoms with E-state index in [0.29, 0.717) is 25.2 Å². The first kappa shape index (κ1) is 28.7. The lowest BCUT2D eigenvalue weighted by molar-refractivity contribution is -0.125. The van der Waals surface area contributed by atoms with E-state index in [-0.39, 0.29) is 11.7 Å². The largest absolute Gasteiger partial charge is 0.510 e. The number of amides is 1. The molecule has 0 atom stereocenters. The number of rotatable bonds is 21. The van der Waals surface area contributed by atoms with Crippen LogP contribution in [0.25, 0.3) is 0 Å². The molecule has 186 valence electrons. The van der Waals surface area contributed by atoms with E-state index < -0.39 is 0 Å². The van der Waals surface area contributed by atoms with Crippen LogP contribution in [-0.2, 0) is 4.79 Å². The maximum Gasteiger partial charge on any atom is 0.259 e. The number of carbonyl (C=O) groups is 1. The molecule has 1 aliphatic heterocycles. The number of aliphatic hydroxyl groups is 1. The quantitative estimate of drug-likeness (QED) is 0.151. The van der Waals surface area contributed by atoms with Crippen molar-refractivity contribution < 1.29 is 9.90 Å². The Bertz CT molecular complexity index is 557. The summed E-state index contributed by atoms with van der Waals surface area (Å²) in [4.78, 5) is 19.4. The SMILES string of the molecule is CCCCCCCCCCCCCC(=NCCCN)C1=C(O)CN(CCCCCC)C1=O. The molecule has 3 N–H and O–H groups in total. The highest BCUT2D eigenvalue weighted by Crippen LogP contribution is 2.23. The summed E-state index contributed by atoms with van der Waals surface area (Å²) in [6.07, 6.45) is 20.4. The standard InChI is InChI=1S/C27H51N3O2/c1-3-5-7-9-10-11-12-13-14-15-16-19-24(29-21-18-20-28)26-25(31)23-30(27(26)32)22-17-8-6-4-2/h31H,3-23,28H2,1-2H3. The monoisotopic (exact) mass is 449 g/mol. The van der Waals surface area contributed by atoms with Crippen molar-refractivity contribution in [3.8, 4) is 0 Å². The van der Waals surface area contributed by atoms with Crippen LogP contribution >= 0.6 is 0 Å². The summed E-state index contributed by atoms with van der Waals surface area (Å²) in [5.74, 6) is 0.175. The molecule has 32 heavy (non-hydrogen) atoms. The van der Waals surface area contributed by atoms with Crippen molar-refractivity contribution >= 4 is 11.6 Å². The van der Waals surface area contributed by atoms with E-state index >= 15 is 0 Å². The van der Waals surface area contributed by atoms with Crippen molar-refractivity contribution in [3.63, 3.8) is 0 Å². The van der Waals surface area contributed by atoms with E-state index in [1.807, 2.05) is 0 Å². The molecule has 5 heteroatoms. The summed E-state index contributed by atoms with van der Waals surface area (Å²) < 4.78 is 0. The van der Waals surface area contributed by atoms with Gasteiger partial charge in [0.2, 0.25) is 0 Å². The van der Waals surface area contributed by atoms with Crippen molar-refractivity contribution in [2.45, 2.75) is 123 Å². The van der Waals surface area contributed by atoms with E-state index in [1.165, 1.54) is 70.6 Å². The average Bonchev–Trinajstić information content (AvgIpc) is 3.07. The first-order valence-corrected chi connectivity index (χ1v) is 13.6. The molecule has 0 saturated carbocycles. The molecule has 0 aromatic heterocycles. The Morgan fingerprint density at radius 1 is 0.844 bits per heavy atom. The Balaban J connectivity index is 2.40. The van der Waals surface area contributed by atoms with Crippen LogP contribution in [0.1, 0.15) is 123 Å². The van der Waals surface area contributed by atoms with Gasteiger partial charge in [0.15, 0.2) is 0 Å². The van der Waals surface area contributed by atoms with Crippen molar-refractivity contribution in [1.29, 1.82) is 0 Å². The fraction of sp³-hybridized carbons (Fsp3) is 0.852. The lowest BCUT2D eigenvalue weighted by Gasteiger charge is -2.16. The van der Waals surface area contributed by atoms with Gasteiger partial charge in [-0.1, -0.05) is 97.3 Å². The van der Waals surface area contributed by atoms with Crippen molar-refractivity contribution in [3.05, 3.63) is 11.3 Å². The van der Waals surface area contributed by atoms with Crippen LogP contribution in [0.2, 0.25) is 0 Å². The van der Waals surface area contributed by atoms with Gasteiger partial charge in [0.05, 0.1) is 17.8 Å². The van der Waals surface area contributed by atoms with Gasteiger partial charge in [0, 0.05) is 13.1 Å². The van der Waals surface area contributed by atoms with Gasteiger partial charge in [0.1, 0.15) is 5.76 Å². The molecule has 0 aromatic carbocycles. The molecule has 1 rings (SSSR count). The van der Waals surface area contributed by atoms with Crippen molar-refractivity contribution in [1.82, 2.24) is 4.90 Å². The molecule has 1 amide bonds. The van der Waals surface area contributed by atoms with Crippen LogP contribution in [0.5, 0.6) is 0 Å². The second-order valence-electron chi connectivity index (χ2n) is 9.37. The van der Waals surface area contributed by atoms with Gasteiger partial charge < -0.3 is 15.7 Å². The molecule has 5 nitrogen and oxygen atoms in total. The minimum absolute atomic E-state index is 0.0337. The Morgan fingerprint density at radius 2 is 1.38 bits per heavy atom. The zero-order valence-electron chi connectivity index (χ0n) is 21.2. The Kier molecular flexibility index (Phi) is 17.2. The van der Waals surface area contributed by atoms with E-state index in [4.69, 9.17) is 10.7 Å². The molecule has 0 aliphatic carbocycles. The van der Waals surface area contributed by atoms with Crippen molar-refractivity contribution in [2.75, 3.05) is 26.2 Å². The summed E-state index contributed by atoms with van der Waals surface area (Å²) in [7, 11) is 0. The number of nitrogens with zero attached hydrogens (tertiary/aromatic N) is 2. The van der Waals surface area contributed by atoms with Gasteiger partial charge in [0.25, 0.3) is 5.91 Å². The molecular formula is C27H51N3O2. The first-order chi connectivity index (χ1) is 15.7. The molecule has 0 saturated heterocycles. The zero-order valence-corrected chi connectivity index (χ0v) is 21.2. The predicted octanol–water partition coefficient (Wildman–Crippen LogP) is 6.71. The van der Waals surface area contributed by atoms with E-state index in [0.717, 1.165) is 50.8 Å². The summed E-state index contributed by atoms with van der Waals surface area (Å²) in [5, 5.41) is 10.5. The molecule has 0 unspecified atom stereocenters. The summed E-state index contributed by atoms with van der Waals surface area (Å²) >= 11 is 0. The number of hydrogen-bond donors (Lipinski definition) is 2. The maximum atomic E-state index is 13.0. The maximum absolute atomic E-state index is 13.0. The van der Waals surface area contributed by atoms with E-state index in [1.54, 1.807) is 4.90 Å². The summed E-state index contributed by atoms with van der Waals surface area (Å²) in [5.41, 5.74) is 6.91.